The Balaban J connectivity index is 1.93. The van der Waals surface area contributed by atoms with Gasteiger partial charge in [0.25, 0.3) is 10.0 Å². The van der Waals surface area contributed by atoms with Crippen LogP contribution >= 0.6 is 0 Å². The third-order valence-electron chi connectivity index (χ3n) is 4.92. The summed E-state index contributed by atoms with van der Waals surface area (Å²) in [6, 6.07) is 8.49. The van der Waals surface area contributed by atoms with E-state index in [-0.39, 0.29) is 10.6 Å². The Bertz CT molecular complexity index is 1110. The SMILES string of the molecule is Cc1cc(C)c(S(=O)(=O)Nc2ccc(N3CCCS3(=O)=O)cc2C)cc1C. The number of hydrogen-bond donors (Lipinski definition) is 1. The van der Waals surface area contributed by atoms with Gasteiger partial charge in [-0.25, -0.2) is 16.8 Å². The fourth-order valence-corrected chi connectivity index (χ4v) is 6.27. The summed E-state index contributed by atoms with van der Waals surface area (Å²) in [5, 5.41) is 0. The molecule has 1 saturated heterocycles. The van der Waals surface area contributed by atoms with Crippen LogP contribution in [-0.4, -0.2) is 29.1 Å². The number of anilines is 2. The van der Waals surface area contributed by atoms with Gasteiger partial charge in [0.2, 0.25) is 10.0 Å². The van der Waals surface area contributed by atoms with E-state index in [1.807, 2.05) is 19.9 Å². The van der Waals surface area contributed by atoms with Crippen LogP contribution in [0.15, 0.2) is 35.2 Å². The maximum Gasteiger partial charge on any atom is 0.262 e. The van der Waals surface area contributed by atoms with Crippen molar-refractivity contribution in [1.82, 2.24) is 0 Å². The molecule has 27 heavy (non-hydrogen) atoms. The fourth-order valence-electron chi connectivity index (χ4n) is 3.27. The summed E-state index contributed by atoms with van der Waals surface area (Å²) in [5.74, 6) is 0.145. The van der Waals surface area contributed by atoms with Gasteiger partial charge in [-0.2, -0.15) is 0 Å². The van der Waals surface area contributed by atoms with Crippen LogP contribution in [0, 0.1) is 27.7 Å². The quantitative estimate of drug-likeness (QED) is 0.842. The van der Waals surface area contributed by atoms with Crippen molar-refractivity contribution in [2.24, 2.45) is 0 Å². The highest BCUT2D eigenvalue weighted by Gasteiger charge is 2.28. The molecule has 1 N–H and O–H groups in total. The third kappa shape index (κ3) is 3.82. The van der Waals surface area contributed by atoms with E-state index in [1.54, 1.807) is 38.1 Å². The van der Waals surface area contributed by atoms with Crippen molar-refractivity contribution < 1.29 is 16.8 Å². The van der Waals surface area contributed by atoms with Gasteiger partial charge >= 0.3 is 0 Å². The monoisotopic (exact) mass is 408 g/mol. The highest BCUT2D eigenvalue weighted by molar-refractivity contribution is 7.93. The molecule has 2 aromatic rings. The second-order valence-electron chi connectivity index (χ2n) is 7.05. The number of aryl methyl sites for hydroxylation is 4. The molecule has 0 saturated carbocycles. The van der Waals surface area contributed by atoms with Crippen LogP contribution in [0.1, 0.15) is 28.7 Å². The topological polar surface area (TPSA) is 83.6 Å². The Kier molecular flexibility index (Phi) is 4.98. The highest BCUT2D eigenvalue weighted by Crippen LogP contribution is 2.30. The molecule has 8 heteroatoms. The van der Waals surface area contributed by atoms with Crippen LogP contribution in [0.2, 0.25) is 0 Å². The minimum atomic E-state index is -3.74. The van der Waals surface area contributed by atoms with Crippen molar-refractivity contribution in [1.29, 1.82) is 0 Å². The van der Waals surface area contributed by atoms with Crippen LogP contribution in [0.25, 0.3) is 0 Å². The second kappa shape index (κ2) is 6.83. The lowest BCUT2D eigenvalue weighted by molar-refractivity contribution is 0.598. The summed E-state index contributed by atoms with van der Waals surface area (Å²) >= 11 is 0. The molecule has 1 aliphatic heterocycles. The predicted molar refractivity (Wildman–Crippen MR) is 108 cm³/mol. The van der Waals surface area contributed by atoms with Gasteiger partial charge in [0.15, 0.2) is 0 Å². The lowest BCUT2D eigenvalue weighted by Crippen LogP contribution is -2.25. The number of nitrogens with one attached hydrogen (secondary N) is 1. The molecule has 0 atom stereocenters. The standard InChI is InChI=1S/C19H24N2O4S2/c1-13-10-16(4)19(12-14(13)2)27(24,25)20-18-7-6-17(11-15(18)3)21-8-5-9-26(21,22)23/h6-7,10-12,20H,5,8-9H2,1-4H3. The van der Waals surface area contributed by atoms with Gasteiger partial charge in [-0.1, -0.05) is 6.07 Å². The summed E-state index contributed by atoms with van der Waals surface area (Å²) in [5.41, 5.74) is 4.30. The highest BCUT2D eigenvalue weighted by atomic mass is 32.2. The molecule has 1 fully saturated rings. The average molecular weight is 409 g/mol. The van der Waals surface area contributed by atoms with E-state index in [1.165, 1.54) is 4.31 Å². The first kappa shape index (κ1) is 19.7. The van der Waals surface area contributed by atoms with Crippen LogP contribution in [0.3, 0.4) is 0 Å². The summed E-state index contributed by atoms with van der Waals surface area (Å²) in [7, 11) is -7.01. The van der Waals surface area contributed by atoms with Crippen molar-refractivity contribution in [3.05, 3.63) is 52.6 Å². The fraction of sp³-hybridized carbons (Fsp3) is 0.368. The Morgan fingerprint density at radius 3 is 2.19 bits per heavy atom. The van der Waals surface area contributed by atoms with Gasteiger partial charge < -0.3 is 0 Å². The molecule has 1 heterocycles. The Morgan fingerprint density at radius 2 is 1.59 bits per heavy atom. The van der Waals surface area contributed by atoms with Crippen LogP contribution in [0.4, 0.5) is 11.4 Å². The number of sulfonamides is 2. The first-order valence-corrected chi connectivity index (χ1v) is 11.8. The van der Waals surface area contributed by atoms with E-state index in [0.29, 0.717) is 35.5 Å². The second-order valence-corrected chi connectivity index (χ2v) is 10.7. The van der Waals surface area contributed by atoms with Gasteiger partial charge in [-0.3, -0.25) is 9.03 Å². The number of benzene rings is 2. The summed E-state index contributed by atoms with van der Waals surface area (Å²) in [6.07, 6.45) is 0.599. The summed E-state index contributed by atoms with van der Waals surface area (Å²) in [6.45, 7) is 7.81. The lowest BCUT2D eigenvalue weighted by Gasteiger charge is -2.19. The van der Waals surface area contributed by atoms with Crippen molar-refractivity contribution in [3.63, 3.8) is 0 Å². The molecule has 0 bridgehead atoms. The first-order valence-electron chi connectivity index (χ1n) is 8.73. The zero-order chi connectivity index (χ0) is 20.0. The Labute approximate surface area is 161 Å². The minimum Gasteiger partial charge on any atom is -0.279 e. The molecule has 0 unspecified atom stereocenters. The smallest absolute Gasteiger partial charge is 0.262 e. The Morgan fingerprint density at radius 1 is 0.926 bits per heavy atom. The van der Waals surface area contributed by atoms with Crippen molar-refractivity contribution in [3.8, 4) is 0 Å². The first-order chi connectivity index (χ1) is 12.5. The number of nitrogens with zero attached hydrogens (tertiary/aromatic N) is 1. The maximum atomic E-state index is 12.9. The van der Waals surface area contributed by atoms with Gasteiger partial charge in [0.1, 0.15) is 0 Å². The van der Waals surface area contributed by atoms with E-state index < -0.39 is 20.0 Å². The molecule has 0 aromatic heterocycles. The van der Waals surface area contributed by atoms with Crippen molar-refractivity contribution in [2.45, 2.75) is 39.0 Å². The van der Waals surface area contributed by atoms with Gasteiger partial charge in [0, 0.05) is 6.54 Å². The van der Waals surface area contributed by atoms with Gasteiger partial charge in [0.05, 0.1) is 22.0 Å². The molecular weight excluding hydrogens is 384 g/mol. The lowest BCUT2D eigenvalue weighted by atomic mass is 10.1. The van der Waals surface area contributed by atoms with Crippen molar-refractivity contribution in [2.75, 3.05) is 21.3 Å². The van der Waals surface area contributed by atoms with Crippen LogP contribution < -0.4 is 9.03 Å². The van der Waals surface area contributed by atoms with E-state index in [4.69, 9.17) is 0 Å². The normalized spacial score (nSPS) is 16.5. The van der Waals surface area contributed by atoms with Crippen molar-refractivity contribution >= 4 is 31.4 Å². The molecule has 2 aromatic carbocycles. The zero-order valence-electron chi connectivity index (χ0n) is 15.9. The van der Waals surface area contributed by atoms with Gasteiger partial charge in [-0.15, -0.1) is 0 Å². The predicted octanol–water partition coefficient (Wildman–Crippen LogP) is 3.26. The van der Waals surface area contributed by atoms with Gasteiger partial charge in [-0.05, 0) is 80.6 Å². The molecule has 0 spiro atoms. The van der Waals surface area contributed by atoms with Crippen LogP contribution in [-0.2, 0) is 20.0 Å². The largest absolute Gasteiger partial charge is 0.279 e. The summed E-state index contributed by atoms with van der Waals surface area (Å²) < 4.78 is 53.9. The molecule has 1 aliphatic rings. The average Bonchev–Trinajstić information content (AvgIpc) is 2.92. The zero-order valence-corrected chi connectivity index (χ0v) is 17.5. The molecule has 3 rings (SSSR count). The molecule has 0 amide bonds. The van der Waals surface area contributed by atoms with E-state index in [2.05, 4.69) is 4.72 Å². The minimum absolute atomic E-state index is 0.145. The number of rotatable bonds is 4. The molecule has 0 aliphatic carbocycles. The molecule has 0 radical (unpaired) electrons. The third-order valence-corrected chi connectivity index (χ3v) is 8.30. The molecule has 6 nitrogen and oxygen atoms in total. The van der Waals surface area contributed by atoms with E-state index in [9.17, 15) is 16.8 Å². The van der Waals surface area contributed by atoms with Crippen LogP contribution in [0.5, 0.6) is 0 Å². The molecule has 146 valence electrons. The maximum absolute atomic E-state index is 12.9. The van der Waals surface area contributed by atoms with E-state index >= 15 is 0 Å². The van der Waals surface area contributed by atoms with E-state index in [0.717, 1.165) is 11.1 Å². The Hall–Kier alpha value is -2.06. The summed E-state index contributed by atoms with van der Waals surface area (Å²) in [4.78, 5) is 0.246. The molecular formula is C19H24N2O4S2. The number of hydrogen-bond acceptors (Lipinski definition) is 4.